The van der Waals surface area contributed by atoms with E-state index in [0.29, 0.717) is 49.8 Å². The molecule has 4 atom stereocenters. The Morgan fingerprint density at radius 2 is 1.60 bits per heavy atom. The van der Waals surface area contributed by atoms with E-state index >= 15 is 0 Å². The molecule has 2 bridgehead atoms. The number of hydrogen-bond acceptors (Lipinski definition) is 3. The van der Waals surface area contributed by atoms with E-state index in [1.54, 1.807) is 0 Å². The zero-order chi connectivity index (χ0) is 13.9. The van der Waals surface area contributed by atoms with Crippen molar-refractivity contribution in [1.29, 1.82) is 0 Å². The van der Waals surface area contributed by atoms with Gasteiger partial charge < -0.3 is 10.0 Å². The fourth-order valence-electron chi connectivity index (χ4n) is 5.18. The van der Waals surface area contributed by atoms with Crippen LogP contribution in [0.15, 0.2) is 0 Å². The van der Waals surface area contributed by atoms with Gasteiger partial charge in [-0.2, -0.15) is 0 Å². The van der Waals surface area contributed by atoms with Crippen LogP contribution in [0, 0.1) is 29.6 Å². The maximum Gasteiger partial charge on any atom is 0.317 e. The molecule has 4 rings (SSSR count). The zero-order valence-electron chi connectivity index (χ0n) is 11.7. The number of carboxylic acid groups (broad SMARTS) is 1. The smallest absolute Gasteiger partial charge is 0.317 e. The number of hydrogen-bond donors (Lipinski definition) is 1. The minimum absolute atomic E-state index is 0.0981. The second-order valence-corrected chi connectivity index (χ2v) is 7.01. The Hall–Kier alpha value is -1.10. The number of rotatable bonds is 3. The maximum absolute atomic E-state index is 12.6. The lowest BCUT2D eigenvalue weighted by atomic mass is 10.0. The molecule has 0 radical (unpaired) electrons. The first-order valence-corrected chi connectivity index (χ1v) is 7.88. The monoisotopic (exact) mass is 278 g/mol. The van der Waals surface area contributed by atoms with Crippen molar-refractivity contribution in [2.45, 2.75) is 19.3 Å². The predicted octanol–water partition coefficient (Wildman–Crippen LogP) is 0.507. The average molecular weight is 278 g/mol. The van der Waals surface area contributed by atoms with Crippen LogP contribution < -0.4 is 0 Å². The van der Waals surface area contributed by atoms with Crippen LogP contribution in [0.4, 0.5) is 0 Å². The Morgan fingerprint density at radius 3 is 2.15 bits per heavy atom. The molecule has 1 saturated heterocycles. The van der Waals surface area contributed by atoms with Gasteiger partial charge in [-0.05, 0) is 42.9 Å². The molecule has 0 aromatic rings. The van der Waals surface area contributed by atoms with E-state index in [1.807, 2.05) is 9.80 Å². The molecule has 1 aliphatic heterocycles. The summed E-state index contributed by atoms with van der Waals surface area (Å²) in [5.74, 6) is 3.01. The molecule has 3 saturated carbocycles. The lowest BCUT2D eigenvalue weighted by molar-refractivity contribution is -0.139. The summed E-state index contributed by atoms with van der Waals surface area (Å²) in [7, 11) is 0. The van der Waals surface area contributed by atoms with Gasteiger partial charge in [0.1, 0.15) is 0 Å². The SMILES string of the molecule is O=C(O)CN1CCN(C(=O)C2C3C4CCC(C4)C23)CC1. The molecule has 1 N–H and O–H groups in total. The van der Waals surface area contributed by atoms with Gasteiger partial charge in [0.15, 0.2) is 0 Å². The molecule has 3 aliphatic carbocycles. The quantitative estimate of drug-likeness (QED) is 0.817. The van der Waals surface area contributed by atoms with E-state index in [-0.39, 0.29) is 6.54 Å². The normalized spacial score (nSPS) is 42.6. The molecule has 4 aliphatic rings. The lowest BCUT2D eigenvalue weighted by Crippen LogP contribution is -2.50. The van der Waals surface area contributed by atoms with Gasteiger partial charge in [0.2, 0.25) is 5.91 Å². The zero-order valence-corrected chi connectivity index (χ0v) is 11.7. The number of nitrogens with zero attached hydrogens (tertiary/aromatic N) is 2. The van der Waals surface area contributed by atoms with Crippen LogP contribution in [-0.4, -0.2) is 59.5 Å². The topological polar surface area (TPSA) is 60.9 Å². The van der Waals surface area contributed by atoms with Crippen LogP contribution in [0.5, 0.6) is 0 Å². The lowest BCUT2D eigenvalue weighted by Gasteiger charge is -2.34. The number of piperazine rings is 1. The van der Waals surface area contributed by atoms with Gasteiger partial charge in [-0.3, -0.25) is 14.5 Å². The van der Waals surface area contributed by atoms with Gasteiger partial charge in [-0.15, -0.1) is 0 Å². The summed E-state index contributed by atoms with van der Waals surface area (Å²) in [6.45, 7) is 2.91. The van der Waals surface area contributed by atoms with Gasteiger partial charge in [0.05, 0.1) is 6.54 Å². The molecule has 1 amide bonds. The van der Waals surface area contributed by atoms with Gasteiger partial charge in [-0.1, -0.05) is 0 Å². The van der Waals surface area contributed by atoms with Crippen LogP contribution in [0.25, 0.3) is 0 Å². The molecule has 0 aromatic heterocycles. The first kappa shape index (κ1) is 12.6. The molecule has 20 heavy (non-hydrogen) atoms. The first-order valence-electron chi connectivity index (χ1n) is 7.88. The van der Waals surface area contributed by atoms with Crippen molar-refractivity contribution in [3.63, 3.8) is 0 Å². The van der Waals surface area contributed by atoms with Crippen LogP contribution in [0.2, 0.25) is 0 Å². The Kier molecular flexibility index (Phi) is 2.81. The number of fused-ring (bicyclic) bond motifs is 5. The van der Waals surface area contributed by atoms with Crippen molar-refractivity contribution in [2.24, 2.45) is 29.6 Å². The van der Waals surface area contributed by atoms with Crippen LogP contribution in [0.3, 0.4) is 0 Å². The van der Waals surface area contributed by atoms with Gasteiger partial charge >= 0.3 is 5.97 Å². The highest BCUT2D eigenvalue weighted by molar-refractivity contribution is 5.83. The van der Waals surface area contributed by atoms with E-state index in [0.717, 1.165) is 11.8 Å². The van der Waals surface area contributed by atoms with E-state index in [9.17, 15) is 9.59 Å². The molecule has 0 aromatic carbocycles. The molecular weight excluding hydrogens is 256 g/mol. The third-order valence-corrected chi connectivity index (χ3v) is 6.06. The van der Waals surface area contributed by atoms with Crippen molar-refractivity contribution >= 4 is 11.9 Å². The molecular formula is C15H22N2O3. The fraction of sp³-hybridized carbons (Fsp3) is 0.867. The van der Waals surface area contributed by atoms with Gasteiger partial charge in [0, 0.05) is 32.1 Å². The number of aliphatic carboxylic acids is 1. The van der Waals surface area contributed by atoms with Crippen LogP contribution in [0.1, 0.15) is 19.3 Å². The predicted molar refractivity (Wildman–Crippen MR) is 72.0 cm³/mol. The second kappa shape index (κ2) is 4.45. The number of carboxylic acids is 1. The summed E-state index contributed by atoms with van der Waals surface area (Å²) < 4.78 is 0. The maximum atomic E-state index is 12.6. The molecule has 5 nitrogen and oxygen atoms in total. The summed E-state index contributed by atoms with van der Waals surface area (Å²) in [6, 6.07) is 0. The Labute approximate surface area is 118 Å². The van der Waals surface area contributed by atoms with Gasteiger partial charge in [0.25, 0.3) is 0 Å². The van der Waals surface area contributed by atoms with E-state index < -0.39 is 5.97 Å². The number of amides is 1. The number of carbonyl (C=O) groups is 2. The van der Waals surface area contributed by atoms with E-state index in [1.165, 1.54) is 19.3 Å². The van der Waals surface area contributed by atoms with Crippen molar-refractivity contribution in [1.82, 2.24) is 9.80 Å². The second-order valence-electron chi connectivity index (χ2n) is 7.01. The molecule has 4 unspecified atom stereocenters. The van der Waals surface area contributed by atoms with Crippen molar-refractivity contribution in [2.75, 3.05) is 32.7 Å². The fourth-order valence-corrected chi connectivity index (χ4v) is 5.18. The van der Waals surface area contributed by atoms with Crippen molar-refractivity contribution < 1.29 is 14.7 Å². The summed E-state index contributed by atoms with van der Waals surface area (Å²) >= 11 is 0. The van der Waals surface area contributed by atoms with Crippen LogP contribution >= 0.6 is 0 Å². The molecule has 110 valence electrons. The third kappa shape index (κ3) is 1.86. The summed E-state index contributed by atoms with van der Waals surface area (Å²) in [4.78, 5) is 27.2. The van der Waals surface area contributed by atoms with Crippen molar-refractivity contribution in [3.05, 3.63) is 0 Å². The number of carbonyl (C=O) groups excluding carboxylic acids is 1. The third-order valence-electron chi connectivity index (χ3n) is 6.06. The van der Waals surface area contributed by atoms with E-state index in [2.05, 4.69) is 0 Å². The Balaban J connectivity index is 1.32. The largest absolute Gasteiger partial charge is 0.480 e. The highest BCUT2D eigenvalue weighted by atomic mass is 16.4. The minimum atomic E-state index is -0.780. The van der Waals surface area contributed by atoms with Crippen molar-refractivity contribution in [3.8, 4) is 0 Å². The molecule has 5 heteroatoms. The summed E-state index contributed by atoms with van der Waals surface area (Å²) in [5, 5.41) is 8.79. The molecule has 4 fully saturated rings. The summed E-state index contributed by atoms with van der Waals surface area (Å²) in [5.41, 5.74) is 0. The molecule has 0 spiro atoms. The highest BCUT2D eigenvalue weighted by Gasteiger charge is 2.67. The Morgan fingerprint density at radius 1 is 1.00 bits per heavy atom. The first-order chi connectivity index (χ1) is 9.65. The average Bonchev–Trinajstić information content (AvgIpc) is 2.86. The van der Waals surface area contributed by atoms with Crippen LogP contribution in [-0.2, 0) is 9.59 Å². The minimum Gasteiger partial charge on any atom is -0.480 e. The highest BCUT2D eigenvalue weighted by Crippen LogP contribution is 2.69. The Bertz CT molecular complexity index is 428. The van der Waals surface area contributed by atoms with Gasteiger partial charge in [-0.25, -0.2) is 0 Å². The summed E-state index contributed by atoms with van der Waals surface area (Å²) in [6.07, 6.45) is 4.08. The van der Waals surface area contributed by atoms with E-state index in [4.69, 9.17) is 5.11 Å². The molecule has 1 heterocycles. The standard InChI is InChI=1S/C15H22N2O3/c18-11(19)8-16-3-5-17(6-4-16)15(20)14-12-9-1-2-10(7-9)13(12)14/h9-10,12-14H,1-8H2,(H,18,19).